The number of ether oxygens (including phenoxy) is 1. The van der Waals surface area contributed by atoms with Gasteiger partial charge in [0, 0.05) is 15.9 Å². The molecule has 2 rings (SSSR count). The lowest BCUT2D eigenvalue weighted by Gasteiger charge is -2.26. The summed E-state index contributed by atoms with van der Waals surface area (Å²) in [7, 11) is 2.19. The lowest BCUT2D eigenvalue weighted by atomic mass is 9.92. The Kier molecular flexibility index (Phi) is 15.5. The molecular weight excluding hydrogens is 534 g/mol. The molecule has 2 unspecified atom stereocenters. The molecular formula is C32H49F3NO3P. The molecule has 0 aliphatic heterocycles. The fraction of sp³-hybridized carbons (Fsp3) is 0.625. The van der Waals surface area contributed by atoms with Gasteiger partial charge >= 0.3 is 6.18 Å². The van der Waals surface area contributed by atoms with E-state index in [0.717, 1.165) is 69.1 Å². The Bertz CT molecular complexity index is 1000. The number of aliphatic hydroxyl groups excluding tert-OH is 1. The summed E-state index contributed by atoms with van der Waals surface area (Å²) in [6.45, 7) is 5.06. The average molecular weight is 584 g/mol. The molecule has 0 bridgehead atoms. The van der Waals surface area contributed by atoms with Crippen LogP contribution in [0.2, 0.25) is 0 Å². The first-order chi connectivity index (χ1) is 19.1. The fourth-order valence-electron chi connectivity index (χ4n) is 4.93. The molecule has 2 aromatic rings. The van der Waals surface area contributed by atoms with Gasteiger partial charge in [-0.15, -0.1) is 0 Å². The van der Waals surface area contributed by atoms with Crippen molar-refractivity contribution in [3.05, 3.63) is 64.2 Å². The van der Waals surface area contributed by atoms with Gasteiger partial charge in [-0.05, 0) is 92.7 Å². The van der Waals surface area contributed by atoms with E-state index in [-0.39, 0.29) is 19.6 Å². The van der Waals surface area contributed by atoms with Crippen LogP contribution in [0.4, 0.5) is 13.2 Å². The number of aryl methyl sites for hydroxylation is 4. The Balaban J connectivity index is 1.90. The first-order valence-corrected chi connectivity index (χ1v) is 15.1. The van der Waals surface area contributed by atoms with Crippen LogP contribution < -0.4 is 10.5 Å². The van der Waals surface area contributed by atoms with Gasteiger partial charge in [-0.2, -0.15) is 13.2 Å². The van der Waals surface area contributed by atoms with Crippen molar-refractivity contribution in [2.45, 2.75) is 109 Å². The van der Waals surface area contributed by atoms with Crippen LogP contribution in [-0.2, 0) is 23.8 Å². The van der Waals surface area contributed by atoms with E-state index in [4.69, 9.17) is 15.0 Å². The van der Waals surface area contributed by atoms with Gasteiger partial charge in [0.05, 0.1) is 25.4 Å². The Morgan fingerprint density at radius 2 is 1.50 bits per heavy atom. The molecule has 0 aromatic heterocycles. The minimum Gasteiger partial charge on any atom is -0.493 e. The van der Waals surface area contributed by atoms with Crippen molar-refractivity contribution in [3.63, 3.8) is 0 Å². The highest BCUT2D eigenvalue weighted by molar-refractivity contribution is 7.09. The van der Waals surface area contributed by atoms with E-state index in [1.807, 2.05) is 6.07 Å². The molecule has 226 valence electrons. The third kappa shape index (κ3) is 13.3. The van der Waals surface area contributed by atoms with E-state index in [2.05, 4.69) is 53.6 Å². The van der Waals surface area contributed by atoms with E-state index in [9.17, 15) is 18.3 Å². The van der Waals surface area contributed by atoms with Crippen molar-refractivity contribution < 1.29 is 27.5 Å². The number of unbranched alkanes of at least 4 members (excludes halogenated alkanes) is 6. The van der Waals surface area contributed by atoms with E-state index >= 15 is 0 Å². The zero-order valence-corrected chi connectivity index (χ0v) is 25.5. The molecule has 0 amide bonds. The topological polar surface area (TPSA) is 64.7 Å². The summed E-state index contributed by atoms with van der Waals surface area (Å²) in [4.78, 5) is 0. The minimum absolute atomic E-state index is 0.147. The van der Waals surface area contributed by atoms with Gasteiger partial charge in [0.2, 0.25) is 0 Å². The standard InChI is InChI=1S/C32H49F3NO3P/c1-25-12-10-14-28(26(25)2)15-11-21-38-30-17-16-27(18-20-31(36,23-37)24-39-40)22-29(30)13-8-6-4-3-5-7-9-19-32(33,34)35/h10,12,14,16-17,22,37H,3-9,11,13,15,18-21,23-24,36,40H2,1-2H3. The highest BCUT2D eigenvalue weighted by Crippen LogP contribution is 2.26. The molecule has 40 heavy (non-hydrogen) atoms. The first-order valence-electron chi connectivity index (χ1n) is 14.6. The van der Waals surface area contributed by atoms with Crippen LogP contribution in [0.5, 0.6) is 5.75 Å². The maximum Gasteiger partial charge on any atom is 0.389 e. The summed E-state index contributed by atoms with van der Waals surface area (Å²) in [5.41, 5.74) is 11.8. The van der Waals surface area contributed by atoms with Crippen LogP contribution in [0.25, 0.3) is 0 Å². The third-order valence-corrected chi connectivity index (χ3v) is 7.86. The maximum absolute atomic E-state index is 12.3. The minimum atomic E-state index is -4.04. The van der Waals surface area contributed by atoms with Gasteiger partial charge < -0.3 is 20.1 Å². The number of aliphatic hydroxyl groups is 1. The Hall–Kier alpha value is -1.66. The van der Waals surface area contributed by atoms with Crippen LogP contribution in [0.3, 0.4) is 0 Å². The molecule has 2 aromatic carbocycles. The molecule has 3 N–H and O–H groups in total. The molecule has 4 nitrogen and oxygen atoms in total. The number of halogens is 3. The maximum atomic E-state index is 12.3. The first kappa shape index (κ1) is 34.5. The SMILES string of the molecule is Cc1cccc(CCCOc2ccc(CCC(N)(CO)COP)cc2CCCCCCCCCC(F)(F)F)c1C. The molecule has 0 aliphatic rings. The molecule has 0 spiro atoms. The predicted molar refractivity (Wildman–Crippen MR) is 161 cm³/mol. The second-order valence-electron chi connectivity index (χ2n) is 11.2. The highest BCUT2D eigenvalue weighted by Gasteiger charge is 2.26. The van der Waals surface area contributed by atoms with Crippen LogP contribution in [-0.4, -0.2) is 36.6 Å². The van der Waals surface area contributed by atoms with E-state index in [1.54, 1.807) is 0 Å². The number of benzene rings is 2. The summed E-state index contributed by atoms with van der Waals surface area (Å²) in [6.07, 6.45) is 5.15. The molecule has 2 atom stereocenters. The molecule has 0 radical (unpaired) electrons. The normalized spacial score (nSPS) is 13.4. The van der Waals surface area contributed by atoms with Crippen molar-refractivity contribution in [1.82, 2.24) is 0 Å². The smallest absolute Gasteiger partial charge is 0.389 e. The highest BCUT2D eigenvalue weighted by atomic mass is 31.0. The van der Waals surface area contributed by atoms with E-state index in [0.29, 0.717) is 19.4 Å². The quantitative estimate of drug-likeness (QED) is 0.123. The molecule has 0 aliphatic carbocycles. The fourth-order valence-corrected chi connectivity index (χ4v) is 5.26. The van der Waals surface area contributed by atoms with Gasteiger partial charge in [-0.25, -0.2) is 0 Å². The number of nitrogens with two attached hydrogens (primary N) is 1. The van der Waals surface area contributed by atoms with Gasteiger partial charge in [-0.3, -0.25) is 0 Å². The van der Waals surface area contributed by atoms with Crippen molar-refractivity contribution in [1.29, 1.82) is 0 Å². The van der Waals surface area contributed by atoms with Crippen molar-refractivity contribution in [2.75, 3.05) is 19.8 Å². The van der Waals surface area contributed by atoms with Crippen molar-refractivity contribution in [2.24, 2.45) is 5.73 Å². The summed E-state index contributed by atoms with van der Waals surface area (Å²) < 4.78 is 48.2. The van der Waals surface area contributed by atoms with Crippen LogP contribution in [0, 0.1) is 13.8 Å². The number of hydrogen-bond donors (Lipinski definition) is 2. The number of rotatable bonds is 20. The van der Waals surface area contributed by atoms with Gasteiger partial charge in [0.1, 0.15) is 5.75 Å². The summed E-state index contributed by atoms with van der Waals surface area (Å²) in [5, 5.41) is 9.71. The summed E-state index contributed by atoms with van der Waals surface area (Å²) in [6, 6.07) is 12.7. The lowest BCUT2D eigenvalue weighted by molar-refractivity contribution is -0.135. The van der Waals surface area contributed by atoms with Crippen LogP contribution >= 0.6 is 9.47 Å². The molecule has 0 heterocycles. The number of hydrogen-bond acceptors (Lipinski definition) is 4. The Morgan fingerprint density at radius 3 is 2.17 bits per heavy atom. The number of alkyl halides is 3. The van der Waals surface area contributed by atoms with Crippen molar-refractivity contribution in [3.8, 4) is 5.75 Å². The second kappa shape index (κ2) is 18.0. The van der Waals surface area contributed by atoms with Crippen molar-refractivity contribution >= 4 is 9.47 Å². The molecule has 0 saturated carbocycles. The molecule has 8 heteroatoms. The average Bonchev–Trinajstić information content (AvgIpc) is 2.91. The zero-order valence-electron chi connectivity index (χ0n) is 24.3. The zero-order chi connectivity index (χ0) is 29.4. The largest absolute Gasteiger partial charge is 0.493 e. The van der Waals surface area contributed by atoms with Gasteiger partial charge in [0.15, 0.2) is 0 Å². The lowest BCUT2D eigenvalue weighted by Crippen LogP contribution is -2.47. The molecule has 0 fully saturated rings. The summed E-state index contributed by atoms with van der Waals surface area (Å²) in [5.74, 6) is 0.909. The van der Waals surface area contributed by atoms with Crippen LogP contribution in [0.15, 0.2) is 36.4 Å². The monoisotopic (exact) mass is 583 g/mol. The predicted octanol–water partition coefficient (Wildman–Crippen LogP) is 7.97. The van der Waals surface area contributed by atoms with Crippen LogP contribution in [0.1, 0.15) is 92.0 Å². The summed E-state index contributed by atoms with van der Waals surface area (Å²) >= 11 is 0. The Labute approximate surface area is 241 Å². The Morgan fingerprint density at radius 1 is 0.825 bits per heavy atom. The molecule has 0 saturated heterocycles. The van der Waals surface area contributed by atoms with Gasteiger partial charge in [0.25, 0.3) is 0 Å². The van der Waals surface area contributed by atoms with E-state index < -0.39 is 18.1 Å². The van der Waals surface area contributed by atoms with Gasteiger partial charge in [-0.1, -0.05) is 62.4 Å². The second-order valence-corrected chi connectivity index (χ2v) is 11.5. The van der Waals surface area contributed by atoms with E-state index in [1.165, 1.54) is 22.3 Å². The third-order valence-electron chi connectivity index (χ3n) is 7.69.